The Labute approximate surface area is 135 Å². The number of hydrogen-bond acceptors (Lipinski definition) is 4. The van der Waals surface area contributed by atoms with Crippen LogP contribution in [0.3, 0.4) is 0 Å². The summed E-state index contributed by atoms with van der Waals surface area (Å²) in [6, 6.07) is 10.7. The summed E-state index contributed by atoms with van der Waals surface area (Å²) in [7, 11) is -3.91. The van der Waals surface area contributed by atoms with Crippen LogP contribution in [-0.4, -0.2) is 19.3 Å². The lowest BCUT2D eigenvalue weighted by molar-refractivity contribution is -0.124. The van der Waals surface area contributed by atoms with Gasteiger partial charge in [-0.3, -0.25) is 9.78 Å². The first-order valence-corrected chi connectivity index (χ1v) is 8.97. The van der Waals surface area contributed by atoms with Gasteiger partial charge in [0.25, 0.3) is 10.0 Å². The largest absolute Gasteiger partial charge is 0.273 e. The summed E-state index contributed by atoms with van der Waals surface area (Å²) in [4.78, 5) is 16.5. The molecule has 1 amide bonds. The Bertz CT molecular complexity index is 834. The Hall–Kier alpha value is -2.21. The molecule has 0 spiro atoms. The zero-order valence-electron chi connectivity index (χ0n) is 12.8. The van der Waals surface area contributed by atoms with Crippen LogP contribution in [0.5, 0.6) is 0 Å². The lowest BCUT2D eigenvalue weighted by atomic mass is 9.71. The smallest absolute Gasteiger partial charge is 0.265 e. The zero-order valence-corrected chi connectivity index (χ0v) is 13.6. The highest BCUT2D eigenvalue weighted by molar-refractivity contribution is 7.90. The van der Waals surface area contributed by atoms with Gasteiger partial charge in [-0.05, 0) is 49.4 Å². The van der Waals surface area contributed by atoms with E-state index in [9.17, 15) is 13.2 Å². The highest BCUT2D eigenvalue weighted by Gasteiger charge is 2.40. The number of carbonyl (C=O) groups is 1. The summed E-state index contributed by atoms with van der Waals surface area (Å²) in [5, 5.41) is 0. The van der Waals surface area contributed by atoms with Crippen LogP contribution < -0.4 is 4.72 Å². The molecule has 0 unspecified atom stereocenters. The highest BCUT2D eigenvalue weighted by Crippen LogP contribution is 2.37. The Kier molecular flexibility index (Phi) is 3.93. The molecule has 0 aliphatic heterocycles. The number of fused-ring (bicyclic) bond motifs is 1. The first-order chi connectivity index (χ1) is 10.9. The number of rotatable bonds is 3. The predicted octanol–water partition coefficient (Wildman–Crippen LogP) is 2.18. The maximum absolute atomic E-state index is 12.8. The summed E-state index contributed by atoms with van der Waals surface area (Å²) in [6.07, 6.45) is 5.10. The molecule has 1 aromatic heterocycles. The molecule has 3 rings (SSSR count). The summed E-state index contributed by atoms with van der Waals surface area (Å²) in [5.74, 6) is -0.492. The molecule has 1 aromatic carbocycles. The van der Waals surface area contributed by atoms with E-state index in [1.165, 1.54) is 24.5 Å². The SMILES string of the molecule is C[C@@]1(C(=O)NS(=O)(=O)c2cccnc2)CCCc2ccccc21. The number of aryl methyl sites for hydroxylation is 1. The van der Waals surface area contributed by atoms with Crippen molar-refractivity contribution in [3.8, 4) is 0 Å². The predicted molar refractivity (Wildman–Crippen MR) is 86.3 cm³/mol. The minimum Gasteiger partial charge on any atom is -0.273 e. The second kappa shape index (κ2) is 5.77. The number of nitrogens with one attached hydrogen (secondary N) is 1. The molecule has 1 aliphatic carbocycles. The van der Waals surface area contributed by atoms with Crippen molar-refractivity contribution >= 4 is 15.9 Å². The number of pyridine rings is 1. The number of nitrogens with zero attached hydrogens (tertiary/aromatic N) is 1. The van der Waals surface area contributed by atoms with Gasteiger partial charge in [-0.1, -0.05) is 24.3 Å². The van der Waals surface area contributed by atoms with Gasteiger partial charge in [0.1, 0.15) is 4.90 Å². The third-order valence-corrected chi connectivity index (χ3v) is 5.72. The van der Waals surface area contributed by atoms with Crippen LogP contribution >= 0.6 is 0 Å². The minimum absolute atomic E-state index is 0.0129. The van der Waals surface area contributed by atoms with E-state index < -0.39 is 21.3 Å². The van der Waals surface area contributed by atoms with Crippen LogP contribution in [0.1, 0.15) is 30.9 Å². The van der Waals surface area contributed by atoms with Gasteiger partial charge in [0.15, 0.2) is 0 Å². The normalized spacial score (nSPS) is 20.6. The van der Waals surface area contributed by atoms with Gasteiger partial charge in [-0.2, -0.15) is 0 Å². The highest BCUT2D eigenvalue weighted by atomic mass is 32.2. The van der Waals surface area contributed by atoms with Gasteiger partial charge in [-0.25, -0.2) is 13.1 Å². The van der Waals surface area contributed by atoms with Crippen molar-refractivity contribution in [2.24, 2.45) is 0 Å². The molecular formula is C17H18N2O3S. The molecule has 0 saturated carbocycles. The monoisotopic (exact) mass is 330 g/mol. The standard InChI is InChI=1S/C17H18N2O3S/c1-17(10-4-7-13-6-2-3-9-15(13)17)16(20)19-23(21,22)14-8-5-11-18-12-14/h2-3,5-6,8-9,11-12H,4,7,10H2,1H3,(H,19,20)/t17-/m1/s1. The molecule has 6 heteroatoms. The van der Waals surface area contributed by atoms with Gasteiger partial charge in [0.05, 0.1) is 5.41 Å². The molecule has 5 nitrogen and oxygen atoms in total. The Morgan fingerprint density at radius 3 is 2.74 bits per heavy atom. The second-order valence-corrected chi connectivity index (χ2v) is 7.65. The number of amides is 1. The molecule has 1 aliphatic rings. The zero-order chi connectivity index (χ0) is 16.5. The number of hydrogen-bond donors (Lipinski definition) is 1. The Balaban J connectivity index is 1.93. The van der Waals surface area contributed by atoms with Crippen molar-refractivity contribution < 1.29 is 13.2 Å². The molecular weight excluding hydrogens is 312 g/mol. The Morgan fingerprint density at radius 1 is 1.22 bits per heavy atom. The average molecular weight is 330 g/mol. The summed E-state index contributed by atoms with van der Waals surface area (Å²) < 4.78 is 27.0. The first kappa shape index (κ1) is 15.7. The second-order valence-electron chi connectivity index (χ2n) is 5.97. The Morgan fingerprint density at radius 2 is 2.00 bits per heavy atom. The van der Waals surface area contributed by atoms with Crippen molar-refractivity contribution in [3.63, 3.8) is 0 Å². The fraction of sp³-hybridized carbons (Fsp3) is 0.294. The van der Waals surface area contributed by atoms with Crippen molar-refractivity contribution in [1.82, 2.24) is 9.71 Å². The van der Waals surface area contributed by atoms with Crippen LogP contribution in [0, 0.1) is 0 Å². The van der Waals surface area contributed by atoms with Gasteiger partial charge in [-0.15, -0.1) is 0 Å². The van der Waals surface area contributed by atoms with Crippen molar-refractivity contribution in [2.45, 2.75) is 36.5 Å². The van der Waals surface area contributed by atoms with Gasteiger partial charge >= 0.3 is 0 Å². The molecule has 0 radical (unpaired) electrons. The molecule has 23 heavy (non-hydrogen) atoms. The molecule has 1 heterocycles. The van der Waals surface area contributed by atoms with E-state index in [-0.39, 0.29) is 4.90 Å². The van der Waals surface area contributed by atoms with Crippen LogP contribution in [-0.2, 0) is 26.7 Å². The number of benzene rings is 1. The lowest BCUT2D eigenvalue weighted by Crippen LogP contribution is -2.46. The average Bonchev–Trinajstić information content (AvgIpc) is 2.56. The van der Waals surface area contributed by atoms with E-state index in [1.807, 2.05) is 24.3 Å². The minimum atomic E-state index is -3.91. The van der Waals surface area contributed by atoms with E-state index in [1.54, 1.807) is 6.92 Å². The molecule has 120 valence electrons. The molecule has 1 N–H and O–H groups in total. The topological polar surface area (TPSA) is 76.1 Å². The first-order valence-electron chi connectivity index (χ1n) is 7.49. The van der Waals surface area contributed by atoms with Crippen LogP contribution in [0.25, 0.3) is 0 Å². The number of sulfonamides is 1. The summed E-state index contributed by atoms with van der Waals surface area (Å²) >= 11 is 0. The van der Waals surface area contributed by atoms with Crippen LogP contribution in [0.15, 0.2) is 53.7 Å². The van der Waals surface area contributed by atoms with Crippen LogP contribution in [0.4, 0.5) is 0 Å². The summed E-state index contributed by atoms with van der Waals surface area (Å²) in [6.45, 7) is 1.80. The van der Waals surface area contributed by atoms with E-state index in [0.717, 1.165) is 24.0 Å². The molecule has 0 bridgehead atoms. The van der Waals surface area contributed by atoms with Crippen molar-refractivity contribution in [2.75, 3.05) is 0 Å². The molecule has 1 atom stereocenters. The molecule has 2 aromatic rings. The summed E-state index contributed by atoms with van der Waals surface area (Å²) in [5.41, 5.74) is 1.17. The van der Waals surface area contributed by atoms with E-state index in [4.69, 9.17) is 0 Å². The molecule has 0 fully saturated rings. The number of carbonyl (C=O) groups excluding carboxylic acids is 1. The maximum Gasteiger partial charge on any atom is 0.265 e. The lowest BCUT2D eigenvalue weighted by Gasteiger charge is -2.34. The van der Waals surface area contributed by atoms with Gasteiger partial charge in [0.2, 0.25) is 5.91 Å². The maximum atomic E-state index is 12.8. The van der Waals surface area contributed by atoms with E-state index in [0.29, 0.717) is 6.42 Å². The van der Waals surface area contributed by atoms with Gasteiger partial charge < -0.3 is 0 Å². The fourth-order valence-electron chi connectivity index (χ4n) is 3.08. The van der Waals surface area contributed by atoms with E-state index >= 15 is 0 Å². The van der Waals surface area contributed by atoms with Crippen molar-refractivity contribution in [1.29, 1.82) is 0 Å². The molecule has 0 saturated heterocycles. The quantitative estimate of drug-likeness (QED) is 0.936. The van der Waals surface area contributed by atoms with Crippen molar-refractivity contribution in [3.05, 3.63) is 59.9 Å². The van der Waals surface area contributed by atoms with E-state index in [2.05, 4.69) is 9.71 Å². The number of aromatic nitrogens is 1. The fourth-order valence-corrected chi connectivity index (χ4v) is 4.12. The van der Waals surface area contributed by atoms with Crippen LogP contribution in [0.2, 0.25) is 0 Å². The van der Waals surface area contributed by atoms with Gasteiger partial charge in [0, 0.05) is 12.4 Å². The third-order valence-electron chi connectivity index (χ3n) is 4.41. The third kappa shape index (κ3) is 2.86.